The summed E-state index contributed by atoms with van der Waals surface area (Å²) in [7, 11) is -1.18. The van der Waals surface area contributed by atoms with Crippen molar-refractivity contribution < 1.29 is 4.57 Å². The van der Waals surface area contributed by atoms with Crippen LogP contribution < -0.4 is 11.0 Å². The first kappa shape index (κ1) is 12.4. The Hall–Kier alpha value is -0.720. The highest BCUT2D eigenvalue weighted by molar-refractivity contribution is 7.53. The monoisotopic (exact) mass is 224 g/mol. The van der Waals surface area contributed by atoms with E-state index in [0.29, 0.717) is 0 Å². The standard InChI is InChI=1S/C12H19NOP/c13-10-6-1-2-7-11-15(14)12-8-4-3-5-9-12/h3-5,8-9H,1-2,6-7,10-11,13H2. The van der Waals surface area contributed by atoms with Gasteiger partial charge in [0.1, 0.15) is 7.80 Å². The van der Waals surface area contributed by atoms with Gasteiger partial charge in [-0.3, -0.25) is 4.57 Å². The van der Waals surface area contributed by atoms with Crippen LogP contribution in [0.4, 0.5) is 0 Å². The molecule has 0 aliphatic carbocycles. The predicted octanol–water partition coefficient (Wildman–Crippen LogP) is 2.66. The number of hydrogen-bond donors (Lipinski definition) is 1. The van der Waals surface area contributed by atoms with Gasteiger partial charge < -0.3 is 5.73 Å². The molecule has 15 heavy (non-hydrogen) atoms. The van der Waals surface area contributed by atoms with Gasteiger partial charge in [0, 0.05) is 11.5 Å². The smallest absolute Gasteiger partial charge is 0.104 e. The predicted molar refractivity (Wildman–Crippen MR) is 66.1 cm³/mol. The van der Waals surface area contributed by atoms with Crippen LogP contribution in [0.1, 0.15) is 25.7 Å². The van der Waals surface area contributed by atoms with Crippen LogP contribution in [0.15, 0.2) is 30.3 Å². The molecule has 1 unspecified atom stereocenters. The average Bonchev–Trinajstić information content (AvgIpc) is 2.30. The van der Waals surface area contributed by atoms with Crippen molar-refractivity contribution in [3.63, 3.8) is 0 Å². The number of nitrogens with two attached hydrogens (primary N) is 1. The average molecular weight is 224 g/mol. The quantitative estimate of drug-likeness (QED) is 0.571. The largest absolute Gasteiger partial charge is 0.330 e. The molecule has 0 spiro atoms. The van der Waals surface area contributed by atoms with Crippen LogP contribution in [0, 0.1) is 0 Å². The summed E-state index contributed by atoms with van der Waals surface area (Å²) in [4.78, 5) is 0. The van der Waals surface area contributed by atoms with Crippen molar-refractivity contribution in [3.8, 4) is 0 Å². The van der Waals surface area contributed by atoms with E-state index in [1.54, 1.807) is 0 Å². The molecular weight excluding hydrogens is 205 g/mol. The molecule has 0 aliphatic rings. The first-order chi connectivity index (χ1) is 7.34. The highest BCUT2D eigenvalue weighted by atomic mass is 31.1. The second-order valence-corrected chi connectivity index (χ2v) is 5.36. The summed E-state index contributed by atoms with van der Waals surface area (Å²) < 4.78 is 11.8. The van der Waals surface area contributed by atoms with Crippen LogP contribution >= 0.6 is 7.80 Å². The molecule has 0 saturated carbocycles. The normalized spacial score (nSPS) is 11.4. The van der Waals surface area contributed by atoms with Crippen LogP contribution in [0.5, 0.6) is 0 Å². The topological polar surface area (TPSA) is 43.1 Å². The van der Waals surface area contributed by atoms with Gasteiger partial charge in [-0.1, -0.05) is 31.0 Å². The molecule has 1 rings (SSSR count). The Labute approximate surface area is 92.7 Å². The minimum Gasteiger partial charge on any atom is -0.330 e. The molecule has 2 nitrogen and oxygen atoms in total. The number of benzene rings is 1. The van der Waals surface area contributed by atoms with Crippen molar-refractivity contribution in [2.45, 2.75) is 25.7 Å². The lowest BCUT2D eigenvalue weighted by atomic mass is 10.2. The highest BCUT2D eigenvalue weighted by Gasteiger charge is 2.02. The highest BCUT2D eigenvalue weighted by Crippen LogP contribution is 2.21. The maximum absolute atomic E-state index is 11.8. The van der Waals surface area contributed by atoms with E-state index >= 15 is 0 Å². The molecule has 0 fully saturated rings. The van der Waals surface area contributed by atoms with Crippen LogP contribution in [-0.2, 0) is 4.57 Å². The van der Waals surface area contributed by atoms with Gasteiger partial charge in [0.05, 0.1) is 0 Å². The minimum atomic E-state index is -1.18. The SMILES string of the molecule is NCCCCCC[P](=O)c1ccccc1. The van der Waals surface area contributed by atoms with E-state index in [1.807, 2.05) is 30.3 Å². The van der Waals surface area contributed by atoms with Crippen molar-refractivity contribution in [3.05, 3.63) is 30.3 Å². The molecule has 1 radical (unpaired) electrons. The van der Waals surface area contributed by atoms with Crippen molar-refractivity contribution >= 4 is 13.1 Å². The fourth-order valence-corrected chi connectivity index (χ4v) is 2.75. The van der Waals surface area contributed by atoms with Crippen LogP contribution in [0.2, 0.25) is 0 Å². The maximum Gasteiger partial charge on any atom is 0.104 e. The van der Waals surface area contributed by atoms with Gasteiger partial charge >= 0.3 is 0 Å². The molecule has 1 aromatic carbocycles. The Morgan fingerprint density at radius 1 is 1.00 bits per heavy atom. The summed E-state index contributed by atoms with van der Waals surface area (Å²) in [6, 6.07) is 9.72. The second kappa shape index (κ2) is 7.56. The van der Waals surface area contributed by atoms with Crippen LogP contribution in [0.3, 0.4) is 0 Å². The van der Waals surface area contributed by atoms with Crippen molar-refractivity contribution in [1.29, 1.82) is 0 Å². The maximum atomic E-state index is 11.8. The van der Waals surface area contributed by atoms with Gasteiger partial charge in [-0.15, -0.1) is 0 Å². The van der Waals surface area contributed by atoms with E-state index in [2.05, 4.69) is 0 Å². The third-order valence-corrected chi connectivity index (χ3v) is 3.96. The summed E-state index contributed by atoms with van der Waals surface area (Å²) in [6.45, 7) is 0.769. The van der Waals surface area contributed by atoms with Crippen molar-refractivity contribution in [1.82, 2.24) is 0 Å². The zero-order chi connectivity index (χ0) is 10.9. The van der Waals surface area contributed by atoms with Gasteiger partial charge in [0.25, 0.3) is 0 Å². The van der Waals surface area contributed by atoms with Gasteiger partial charge in [0.15, 0.2) is 0 Å². The van der Waals surface area contributed by atoms with E-state index in [1.165, 1.54) is 0 Å². The summed E-state index contributed by atoms with van der Waals surface area (Å²) in [6.07, 6.45) is 5.25. The van der Waals surface area contributed by atoms with E-state index in [4.69, 9.17) is 5.73 Å². The molecule has 2 N–H and O–H groups in total. The minimum absolute atomic E-state index is 0.769. The van der Waals surface area contributed by atoms with Crippen molar-refractivity contribution in [2.75, 3.05) is 12.7 Å². The summed E-state index contributed by atoms with van der Waals surface area (Å²) >= 11 is 0. The molecule has 83 valence electrons. The van der Waals surface area contributed by atoms with Gasteiger partial charge in [0.2, 0.25) is 0 Å². The Morgan fingerprint density at radius 2 is 1.67 bits per heavy atom. The second-order valence-electron chi connectivity index (χ2n) is 3.64. The van der Waals surface area contributed by atoms with E-state index in [0.717, 1.165) is 43.7 Å². The Morgan fingerprint density at radius 3 is 2.33 bits per heavy atom. The van der Waals surface area contributed by atoms with E-state index < -0.39 is 7.80 Å². The Balaban J connectivity index is 2.20. The van der Waals surface area contributed by atoms with E-state index in [-0.39, 0.29) is 0 Å². The van der Waals surface area contributed by atoms with Crippen LogP contribution in [0.25, 0.3) is 0 Å². The fourth-order valence-electron chi connectivity index (χ4n) is 1.48. The lowest BCUT2D eigenvalue weighted by Crippen LogP contribution is -1.99. The first-order valence-corrected chi connectivity index (χ1v) is 6.99. The molecule has 1 atom stereocenters. The zero-order valence-corrected chi connectivity index (χ0v) is 9.96. The summed E-state index contributed by atoms with van der Waals surface area (Å²) in [5.74, 6) is 0. The Bertz CT molecular complexity index is 287. The van der Waals surface area contributed by atoms with E-state index in [9.17, 15) is 4.57 Å². The van der Waals surface area contributed by atoms with Crippen molar-refractivity contribution in [2.24, 2.45) is 5.73 Å². The molecule has 0 heterocycles. The molecule has 0 aliphatic heterocycles. The molecular formula is C12H19NOP. The third kappa shape index (κ3) is 5.06. The van der Waals surface area contributed by atoms with Crippen LogP contribution in [-0.4, -0.2) is 12.7 Å². The molecule has 0 aromatic heterocycles. The third-order valence-electron chi connectivity index (χ3n) is 2.36. The number of hydrogen-bond acceptors (Lipinski definition) is 2. The first-order valence-electron chi connectivity index (χ1n) is 5.54. The molecule has 1 aromatic rings. The van der Waals surface area contributed by atoms with Gasteiger partial charge in [-0.05, 0) is 31.5 Å². The van der Waals surface area contributed by atoms with Gasteiger partial charge in [-0.2, -0.15) is 0 Å². The lowest BCUT2D eigenvalue weighted by Gasteiger charge is -2.01. The molecule has 3 heteroatoms. The molecule has 0 saturated heterocycles. The molecule has 0 bridgehead atoms. The zero-order valence-electron chi connectivity index (χ0n) is 9.06. The summed E-state index contributed by atoms with van der Waals surface area (Å²) in [5, 5.41) is 0.978. The van der Waals surface area contributed by atoms with Gasteiger partial charge in [-0.25, -0.2) is 0 Å². The molecule has 0 amide bonds. The fraction of sp³-hybridized carbons (Fsp3) is 0.500. The lowest BCUT2D eigenvalue weighted by molar-refractivity contribution is 0.588. The summed E-state index contributed by atoms with van der Waals surface area (Å²) in [5.41, 5.74) is 5.40. The number of rotatable bonds is 7. The Kier molecular flexibility index (Phi) is 6.22. The number of unbranched alkanes of at least 4 members (excludes halogenated alkanes) is 3.